The van der Waals surface area contributed by atoms with Crippen molar-refractivity contribution in [1.82, 2.24) is 9.88 Å². The molecule has 0 spiro atoms. The third-order valence-electron chi connectivity index (χ3n) is 3.66. The van der Waals surface area contributed by atoms with E-state index in [9.17, 15) is 14.3 Å². The standard InChI is InChI=1S/C15H15FN2O2S/c16-11-5-3-10(4-6-11)14-17-13(9-21-14)15(20)18-7-1-2-12(18)8-19/h3-6,9,12,19H,1-2,7-8H2/t12-/m1/s1. The number of hydrogen-bond acceptors (Lipinski definition) is 4. The molecule has 1 saturated heterocycles. The molecule has 2 heterocycles. The summed E-state index contributed by atoms with van der Waals surface area (Å²) in [6.07, 6.45) is 1.74. The van der Waals surface area contributed by atoms with Gasteiger partial charge in [0.15, 0.2) is 0 Å². The van der Waals surface area contributed by atoms with Gasteiger partial charge in [-0.15, -0.1) is 11.3 Å². The molecular weight excluding hydrogens is 291 g/mol. The van der Waals surface area contributed by atoms with Crippen LogP contribution in [0.3, 0.4) is 0 Å². The number of amides is 1. The fourth-order valence-electron chi connectivity index (χ4n) is 2.54. The molecule has 6 heteroatoms. The van der Waals surface area contributed by atoms with Crippen molar-refractivity contribution < 1.29 is 14.3 Å². The van der Waals surface area contributed by atoms with Crippen LogP contribution in [-0.4, -0.2) is 40.1 Å². The lowest BCUT2D eigenvalue weighted by Gasteiger charge is -2.21. The zero-order valence-electron chi connectivity index (χ0n) is 11.3. The number of aromatic nitrogens is 1. The normalized spacial score (nSPS) is 18.2. The van der Waals surface area contributed by atoms with E-state index in [1.807, 2.05) is 0 Å². The Kier molecular flexibility index (Phi) is 3.98. The van der Waals surface area contributed by atoms with E-state index in [1.54, 1.807) is 22.4 Å². The van der Waals surface area contributed by atoms with E-state index in [1.165, 1.54) is 23.5 Å². The third kappa shape index (κ3) is 2.82. The molecule has 1 atom stereocenters. The van der Waals surface area contributed by atoms with Crippen molar-refractivity contribution in [2.75, 3.05) is 13.2 Å². The maximum absolute atomic E-state index is 12.9. The molecule has 1 aromatic heterocycles. The maximum Gasteiger partial charge on any atom is 0.273 e. The average Bonchev–Trinajstić information content (AvgIpc) is 3.16. The van der Waals surface area contributed by atoms with Crippen molar-refractivity contribution in [2.45, 2.75) is 18.9 Å². The van der Waals surface area contributed by atoms with Gasteiger partial charge in [0.05, 0.1) is 12.6 Å². The smallest absolute Gasteiger partial charge is 0.273 e. The van der Waals surface area contributed by atoms with Gasteiger partial charge in [-0.25, -0.2) is 9.37 Å². The summed E-state index contributed by atoms with van der Waals surface area (Å²) < 4.78 is 12.9. The van der Waals surface area contributed by atoms with E-state index < -0.39 is 0 Å². The fraction of sp³-hybridized carbons (Fsp3) is 0.333. The number of rotatable bonds is 3. The molecule has 1 amide bonds. The average molecular weight is 306 g/mol. The number of carbonyl (C=O) groups excluding carboxylic acids is 1. The highest BCUT2D eigenvalue weighted by Crippen LogP contribution is 2.26. The predicted octanol–water partition coefficient (Wildman–Crippen LogP) is 2.55. The van der Waals surface area contributed by atoms with Crippen LogP contribution in [0.2, 0.25) is 0 Å². The SMILES string of the molecule is O=C(c1csc(-c2ccc(F)cc2)n1)N1CCC[C@@H]1CO. The molecule has 1 aliphatic heterocycles. The summed E-state index contributed by atoms with van der Waals surface area (Å²) in [4.78, 5) is 18.4. The molecule has 1 N–H and O–H groups in total. The number of hydrogen-bond donors (Lipinski definition) is 1. The highest BCUT2D eigenvalue weighted by Gasteiger charge is 2.30. The molecule has 3 rings (SSSR count). The van der Waals surface area contributed by atoms with Gasteiger partial charge in [0.2, 0.25) is 0 Å². The second-order valence-corrected chi connectivity index (χ2v) is 5.88. The zero-order valence-corrected chi connectivity index (χ0v) is 12.1. The minimum absolute atomic E-state index is 0.0132. The number of carbonyl (C=O) groups is 1. The quantitative estimate of drug-likeness (QED) is 0.948. The lowest BCUT2D eigenvalue weighted by atomic mass is 10.2. The van der Waals surface area contributed by atoms with Crippen LogP contribution in [0.1, 0.15) is 23.3 Å². The maximum atomic E-state index is 12.9. The molecule has 4 nitrogen and oxygen atoms in total. The molecule has 0 aliphatic carbocycles. The Morgan fingerprint density at radius 1 is 1.43 bits per heavy atom. The first kappa shape index (κ1) is 14.2. The summed E-state index contributed by atoms with van der Waals surface area (Å²) >= 11 is 1.36. The van der Waals surface area contributed by atoms with Gasteiger partial charge in [0.25, 0.3) is 5.91 Å². The van der Waals surface area contributed by atoms with Gasteiger partial charge in [0, 0.05) is 17.5 Å². The fourth-order valence-corrected chi connectivity index (χ4v) is 3.34. The number of nitrogens with zero attached hydrogens (tertiary/aromatic N) is 2. The Morgan fingerprint density at radius 3 is 2.90 bits per heavy atom. The van der Waals surface area contributed by atoms with Gasteiger partial charge >= 0.3 is 0 Å². The second kappa shape index (κ2) is 5.91. The van der Waals surface area contributed by atoms with E-state index in [4.69, 9.17) is 0 Å². The number of thiazole rings is 1. The van der Waals surface area contributed by atoms with E-state index in [0.29, 0.717) is 17.2 Å². The minimum atomic E-state index is -0.297. The molecule has 2 aromatic rings. The first-order valence-electron chi connectivity index (χ1n) is 6.82. The summed E-state index contributed by atoms with van der Waals surface area (Å²) in [7, 11) is 0. The van der Waals surface area contributed by atoms with Crippen molar-refractivity contribution in [3.63, 3.8) is 0 Å². The van der Waals surface area contributed by atoms with Crippen LogP contribution >= 0.6 is 11.3 Å². The van der Waals surface area contributed by atoms with Crippen LogP contribution in [0.5, 0.6) is 0 Å². The van der Waals surface area contributed by atoms with E-state index in [2.05, 4.69) is 4.98 Å². The van der Waals surface area contributed by atoms with Crippen LogP contribution in [0, 0.1) is 5.82 Å². The molecule has 0 saturated carbocycles. The second-order valence-electron chi connectivity index (χ2n) is 5.02. The molecule has 0 unspecified atom stereocenters. The summed E-state index contributed by atoms with van der Waals surface area (Å²) in [5.74, 6) is -0.439. The van der Waals surface area contributed by atoms with Crippen LogP contribution < -0.4 is 0 Å². The first-order chi connectivity index (χ1) is 10.2. The van der Waals surface area contributed by atoms with Crippen LogP contribution in [0.25, 0.3) is 10.6 Å². The Morgan fingerprint density at radius 2 is 2.19 bits per heavy atom. The molecule has 0 radical (unpaired) electrons. The number of halogens is 1. The lowest BCUT2D eigenvalue weighted by molar-refractivity contribution is 0.0672. The van der Waals surface area contributed by atoms with E-state index in [0.717, 1.165) is 18.4 Å². The van der Waals surface area contributed by atoms with Crippen molar-refractivity contribution in [1.29, 1.82) is 0 Å². The van der Waals surface area contributed by atoms with Crippen LogP contribution in [-0.2, 0) is 0 Å². The molecule has 1 aliphatic rings. The van der Waals surface area contributed by atoms with Crippen molar-refractivity contribution in [3.8, 4) is 10.6 Å². The molecule has 1 aromatic carbocycles. The Balaban J connectivity index is 1.81. The third-order valence-corrected chi connectivity index (χ3v) is 4.55. The molecule has 0 bridgehead atoms. The van der Waals surface area contributed by atoms with Crippen molar-refractivity contribution >= 4 is 17.2 Å². The Labute approximate surface area is 125 Å². The van der Waals surface area contributed by atoms with E-state index >= 15 is 0 Å². The van der Waals surface area contributed by atoms with Crippen LogP contribution in [0.15, 0.2) is 29.6 Å². The number of benzene rings is 1. The number of likely N-dealkylation sites (tertiary alicyclic amines) is 1. The summed E-state index contributed by atoms with van der Waals surface area (Å²) in [5.41, 5.74) is 1.18. The Bertz CT molecular complexity index is 641. The molecular formula is C15H15FN2O2S. The molecule has 1 fully saturated rings. The molecule has 110 valence electrons. The van der Waals surface area contributed by atoms with E-state index in [-0.39, 0.29) is 24.4 Å². The summed E-state index contributed by atoms with van der Waals surface area (Å²) in [6, 6.07) is 5.94. The monoisotopic (exact) mass is 306 g/mol. The zero-order chi connectivity index (χ0) is 14.8. The highest BCUT2D eigenvalue weighted by molar-refractivity contribution is 7.13. The topological polar surface area (TPSA) is 53.4 Å². The van der Waals surface area contributed by atoms with Crippen LogP contribution in [0.4, 0.5) is 4.39 Å². The summed E-state index contributed by atoms with van der Waals surface area (Å²) in [5, 5.41) is 11.7. The number of aliphatic hydroxyl groups excluding tert-OH is 1. The molecule has 21 heavy (non-hydrogen) atoms. The summed E-state index contributed by atoms with van der Waals surface area (Å²) in [6.45, 7) is 0.647. The van der Waals surface area contributed by atoms with Gasteiger partial charge in [0.1, 0.15) is 16.5 Å². The van der Waals surface area contributed by atoms with Gasteiger partial charge in [-0.1, -0.05) is 0 Å². The van der Waals surface area contributed by atoms with Gasteiger partial charge in [-0.05, 0) is 37.1 Å². The Hall–Kier alpha value is -1.79. The first-order valence-corrected chi connectivity index (χ1v) is 7.70. The highest BCUT2D eigenvalue weighted by atomic mass is 32.1. The van der Waals surface area contributed by atoms with Crippen molar-refractivity contribution in [3.05, 3.63) is 41.2 Å². The lowest BCUT2D eigenvalue weighted by Crippen LogP contribution is -2.37. The largest absolute Gasteiger partial charge is 0.394 e. The predicted molar refractivity (Wildman–Crippen MR) is 78.7 cm³/mol. The van der Waals surface area contributed by atoms with Gasteiger partial charge < -0.3 is 10.0 Å². The van der Waals surface area contributed by atoms with Crippen molar-refractivity contribution in [2.24, 2.45) is 0 Å². The van der Waals surface area contributed by atoms with Gasteiger partial charge in [-0.3, -0.25) is 4.79 Å². The number of aliphatic hydroxyl groups is 1. The minimum Gasteiger partial charge on any atom is -0.394 e. The van der Waals surface area contributed by atoms with Gasteiger partial charge in [-0.2, -0.15) is 0 Å².